The van der Waals surface area contributed by atoms with Crippen molar-refractivity contribution in [1.29, 1.82) is 0 Å². The molecule has 2 heterocycles. The Hall–Kier alpha value is -2.66. The Balaban J connectivity index is 1.97. The van der Waals surface area contributed by atoms with Crippen LogP contribution >= 0.6 is 0 Å². The van der Waals surface area contributed by atoms with E-state index in [1.165, 1.54) is 17.8 Å². The van der Waals surface area contributed by atoms with Gasteiger partial charge in [-0.3, -0.25) is 0 Å². The molecule has 1 aliphatic rings. The summed E-state index contributed by atoms with van der Waals surface area (Å²) in [6.45, 7) is 7.03. The van der Waals surface area contributed by atoms with Crippen LogP contribution in [0.1, 0.15) is 18.1 Å². The fraction of sp³-hybridized carbons (Fsp3) is 0.368. The molecule has 0 aliphatic carbocycles. The molecule has 1 aromatic carbocycles. The molecule has 1 aromatic heterocycles. The molecule has 0 unspecified atom stereocenters. The number of halogens is 2. The van der Waals surface area contributed by atoms with Crippen LogP contribution in [0.5, 0.6) is 0 Å². The lowest BCUT2D eigenvalue weighted by Crippen LogP contribution is -2.50. The van der Waals surface area contributed by atoms with Gasteiger partial charge in [-0.2, -0.15) is 13.9 Å². The molecule has 0 amide bonds. The Morgan fingerprint density at radius 1 is 1.30 bits per heavy atom. The van der Waals surface area contributed by atoms with E-state index in [9.17, 15) is 8.78 Å². The van der Waals surface area contributed by atoms with Crippen molar-refractivity contribution >= 4 is 14.1 Å². The van der Waals surface area contributed by atoms with Crippen LogP contribution in [-0.4, -0.2) is 36.4 Å². The van der Waals surface area contributed by atoms with Crippen LogP contribution in [-0.2, 0) is 10.3 Å². The number of benzene rings is 1. The average Bonchev–Trinajstić information content (AvgIpc) is 3.07. The van der Waals surface area contributed by atoms with Crippen molar-refractivity contribution in [3.8, 4) is 17.2 Å². The third kappa shape index (κ3) is 3.88. The summed E-state index contributed by atoms with van der Waals surface area (Å²) in [5.41, 5.74) is 8.86. The molecule has 5 nitrogen and oxygen atoms in total. The minimum atomic E-state index is -3.20. The standard InChI is InChI=1S/C19H22F2N4OSi/c1-18(19(20,21)13-26-17(22)24-18)15-11-23-25(12-15)16-7-5-6-14(10-16)8-9-27(2,3)4/h5-7,10-12H,13H2,1-4H3,(H2,22,24)/t18-/m1/s1. The quantitative estimate of drug-likeness (QED) is 0.634. The normalized spacial score (nSPS) is 21.6. The molecular formula is C19H22F2N4OSi. The molecular weight excluding hydrogens is 366 g/mol. The molecule has 27 heavy (non-hydrogen) atoms. The van der Waals surface area contributed by atoms with Gasteiger partial charge in [0.25, 0.3) is 6.02 Å². The Labute approximate surface area is 158 Å². The first kappa shape index (κ1) is 19.1. The van der Waals surface area contributed by atoms with Crippen LogP contribution in [0.4, 0.5) is 8.78 Å². The second-order valence-electron chi connectivity index (χ2n) is 7.74. The lowest BCUT2D eigenvalue weighted by Gasteiger charge is -2.36. The third-order valence-corrected chi connectivity index (χ3v) is 5.16. The maximum Gasteiger partial charge on any atom is 0.310 e. The Kier molecular flexibility index (Phi) is 4.60. The molecule has 2 aromatic rings. The van der Waals surface area contributed by atoms with Gasteiger partial charge in [0.1, 0.15) is 8.07 Å². The van der Waals surface area contributed by atoms with E-state index >= 15 is 0 Å². The first-order valence-corrected chi connectivity index (χ1v) is 12.0. The SMILES string of the molecule is C[C@]1(c2cnn(-c3cccc(C#C[Si](C)(C)C)c3)c2)N=C(N)OCC1(F)F. The van der Waals surface area contributed by atoms with E-state index in [1.807, 2.05) is 24.3 Å². The zero-order valence-electron chi connectivity index (χ0n) is 15.8. The first-order valence-electron chi connectivity index (χ1n) is 8.55. The second-order valence-corrected chi connectivity index (χ2v) is 12.5. The van der Waals surface area contributed by atoms with E-state index in [2.05, 4.69) is 41.2 Å². The molecule has 0 radical (unpaired) electrons. The highest BCUT2D eigenvalue weighted by molar-refractivity contribution is 6.83. The van der Waals surface area contributed by atoms with E-state index in [0.717, 1.165) is 11.3 Å². The maximum atomic E-state index is 14.5. The number of hydrogen-bond donors (Lipinski definition) is 1. The molecule has 0 fully saturated rings. The molecule has 0 saturated carbocycles. The van der Waals surface area contributed by atoms with E-state index in [-0.39, 0.29) is 11.6 Å². The molecule has 1 aliphatic heterocycles. The van der Waals surface area contributed by atoms with Crippen LogP contribution in [0, 0.1) is 11.5 Å². The maximum absolute atomic E-state index is 14.5. The minimum Gasteiger partial charge on any atom is -0.459 e. The Morgan fingerprint density at radius 2 is 2.04 bits per heavy atom. The van der Waals surface area contributed by atoms with E-state index in [1.54, 1.807) is 6.20 Å². The number of nitrogens with two attached hydrogens (primary N) is 1. The van der Waals surface area contributed by atoms with Crippen LogP contribution < -0.4 is 5.73 Å². The summed E-state index contributed by atoms with van der Waals surface area (Å²) in [5, 5.41) is 4.24. The number of alkyl halides is 2. The molecule has 2 N–H and O–H groups in total. The van der Waals surface area contributed by atoms with Crippen LogP contribution in [0.3, 0.4) is 0 Å². The van der Waals surface area contributed by atoms with Crippen molar-refractivity contribution in [3.05, 3.63) is 47.8 Å². The zero-order chi connectivity index (χ0) is 19.9. The largest absolute Gasteiger partial charge is 0.459 e. The summed E-state index contributed by atoms with van der Waals surface area (Å²) in [7, 11) is -1.49. The highest BCUT2D eigenvalue weighted by Crippen LogP contribution is 2.43. The molecule has 3 rings (SSSR count). The van der Waals surface area contributed by atoms with E-state index in [0.29, 0.717) is 0 Å². The van der Waals surface area contributed by atoms with Crippen LogP contribution in [0.15, 0.2) is 41.7 Å². The van der Waals surface area contributed by atoms with Crippen molar-refractivity contribution in [2.45, 2.75) is 38.0 Å². The number of hydrogen-bond acceptors (Lipinski definition) is 4. The molecule has 0 saturated heterocycles. The van der Waals surface area contributed by atoms with Gasteiger partial charge in [0.2, 0.25) is 0 Å². The van der Waals surface area contributed by atoms with Gasteiger partial charge in [-0.25, -0.2) is 9.67 Å². The van der Waals surface area contributed by atoms with Gasteiger partial charge in [-0.05, 0) is 25.1 Å². The topological polar surface area (TPSA) is 65.4 Å². The van der Waals surface area contributed by atoms with Crippen molar-refractivity contribution in [2.75, 3.05) is 6.61 Å². The summed E-state index contributed by atoms with van der Waals surface area (Å²) in [6.07, 6.45) is 2.93. The number of rotatable bonds is 2. The van der Waals surface area contributed by atoms with Crippen molar-refractivity contribution in [1.82, 2.24) is 9.78 Å². The summed E-state index contributed by atoms with van der Waals surface area (Å²) >= 11 is 0. The van der Waals surface area contributed by atoms with Crippen LogP contribution in [0.25, 0.3) is 5.69 Å². The number of aliphatic imine (C=N–C) groups is 1. The number of nitrogens with zero attached hydrogens (tertiary/aromatic N) is 3. The summed E-state index contributed by atoms with van der Waals surface area (Å²) in [5.74, 6) is -0.0130. The average molecular weight is 388 g/mol. The Morgan fingerprint density at radius 3 is 2.74 bits per heavy atom. The second kappa shape index (κ2) is 6.50. The first-order chi connectivity index (χ1) is 12.5. The van der Waals surface area contributed by atoms with Crippen molar-refractivity contribution < 1.29 is 13.5 Å². The predicted octanol–water partition coefficient (Wildman–Crippen LogP) is 3.30. The van der Waals surface area contributed by atoms with Gasteiger partial charge in [-0.1, -0.05) is 31.6 Å². The number of amidine groups is 1. The number of ether oxygens (including phenoxy) is 1. The van der Waals surface area contributed by atoms with Gasteiger partial charge in [-0.15, -0.1) is 5.54 Å². The molecule has 142 valence electrons. The molecule has 0 spiro atoms. The summed E-state index contributed by atoms with van der Waals surface area (Å²) in [4.78, 5) is 3.87. The van der Waals surface area contributed by atoms with Gasteiger partial charge in [0, 0.05) is 17.3 Å². The van der Waals surface area contributed by atoms with Gasteiger partial charge < -0.3 is 10.5 Å². The monoisotopic (exact) mass is 388 g/mol. The third-order valence-electron chi connectivity index (χ3n) is 4.28. The highest BCUT2D eigenvalue weighted by Gasteiger charge is 2.55. The van der Waals surface area contributed by atoms with Crippen molar-refractivity contribution in [3.63, 3.8) is 0 Å². The van der Waals surface area contributed by atoms with Crippen LogP contribution in [0.2, 0.25) is 19.6 Å². The summed E-state index contributed by atoms with van der Waals surface area (Å²) in [6, 6.07) is 7.26. The van der Waals surface area contributed by atoms with Crippen molar-refractivity contribution in [2.24, 2.45) is 10.7 Å². The fourth-order valence-electron chi connectivity index (χ4n) is 2.62. The Bertz CT molecular complexity index is 952. The van der Waals surface area contributed by atoms with E-state index in [4.69, 9.17) is 10.5 Å². The van der Waals surface area contributed by atoms with Gasteiger partial charge in [0.15, 0.2) is 12.1 Å². The molecule has 1 atom stereocenters. The number of aromatic nitrogens is 2. The van der Waals surface area contributed by atoms with Gasteiger partial charge in [0.05, 0.1) is 11.9 Å². The summed E-state index contributed by atoms with van der Waals surface area (Å²) < 4.78 is 35.2. The lowest BCUT2D eigenvalue weighted by atomic mass is 9.88. The zero-order valence-corrected chi connectivity index (χ0v) is 16.8. The molecule has 0 bridgehead atoms. The van der Waals surface area contributed by atoms with Gasteiger partial charge >= 0.3 is 5.92 Å². The smallest absolute Gasteiger partial charge is 0.310 e. The predicted molar refractivity (Wildman–Crippen MR) is 104 cm³/mol. The minimum absolute atomic E-state index is 0.250. The highest BCUT2D eigenvalue weighted by atomic mass is 28.3. The molecule has 8 heteroatoms. The lowest BCUT2D eigenvalue weighted by molar-refractivity contribution is -0.116. The fourth-order valence-corrected chi connectivity index (χ4v) is 3.14. The van der Waals surface area contributed by atoms with E-state index < -0.39 is 26.1 Å².